The zero-order valence-corrected chi connectivity index (χ0v) is 9.66. The second kappa shape index (κ2) is 5.83. The fourth-order valence-corrected chi connectivity index (χ4v) is 3.25. The lowest BCUT2D eigenvalue weighted by molar-refractivity contribution is 0.0562. The molecule has 0 spiro atoms. The minimum atomic E-state index is 0.716. The summed E-state index contributed by atoms with van der Waals surface area (Å²) in [5.74, 6) is 5.13. The van der Waals surface area contributed by atoms with Crippen molar-refractivity contribution in [2.75, 3.05) is 13.2 Å². The second-order valence-electron chi connectivity index (χ2n) is 4.99. The number of piperidine rings is 1. The van der Waals surface area contributed by atoms with Gasteiger partial charge in [-0.2, -0.15) is 0 Å². The van der Waals surface area contributed by atoms with Crippen LogP contribution in [-0.4, -0.2) is 30.1 Å². The molecule has 0 aromatic heterocycles. The molecule has 1 saturated carbocycles. The normalized spacial score (nSPS) is 29.8. The molecule has 1 saturated heterocycles. The molecule has 1 aliphatic heterocycles. The molecule has 2 N–H and O–H groups in total. The quantitative estimate of drug-likeness (QED) is 0.725. The third-order valence-corrected chi connectivity index (χ3v) is 4.04. The van der Waals surface area contributed by atoms with E-state index in [1.165, 1.54) is 51.5 Å². The molecule has 2 fully saturated rings. The van der Waals surface area contributed by atoms with E-state index in [2.05, 4.69) is 4.90 Å². The van der Waals surface area contributed by atoms with Crippen LogP contribution < -0.4 is 5.90 Å². The third kappa shape index (κ3) is 2.92. The maximum atomic E-state index is 5.13. The van der Waals surface area contributed by atoms with Crippen molar-refractivity contribution in [2.45, 2.75) is 63.5 Å². The van der Waals surface area contributed by atoms with Crippen LogP contribution in [0, 0.1) is 0 Å². The largest absolute Gasteiger partial charge is 0.305 e. The van der Waals surface area contributed by atoms with E-state index >= 15 is 0 Å². The molecule has 2 rings (SSSR count). The number of nitrogens with zero attached hydrogens (tertiary/aromatic N) is 1. The highest BCUT2D eigenvalue weighted by Crippen LogP contribution is 2.30. The first kappa shape index (κ1) is 11.4. The molecule has 1 unspecified atom stereocenters. The highest BCUT2D eigenvalue weighted by molar-refractivity contribution is 4.85. The van der Waals surface area contributed by atoms with Crippen molar-refractivity contribution < 1.29 is 4.84 Å². The van der Waals surface area contributed by atoms with Gasteiger partial charge in [0, 0.05) is 12.1 Å². The fourth-order valence-electron chi connectivity index (χ4n) is 3.25. The van der Waals surface area contributed by atoms with E-state index in [-0.39, 0.29) is 0 Å². The second-order valence-corrected chi connectivity index (χ2v) is 4.99. The summed E-state index contributed by atoms with van der Waals surface area (Å²) in [5, 5.41) is 0. The average molecular weight is 212 g/mol. The van der Waals surface area contributed by atoms with Crippen LogP contribution in [0.3, 0.4) is 0 Å². The van der Waals surface area contributed by atoms with Crippen LogP contribution in [0.2, 0.25) is 0 Å². The Bertz CT molecular complexity index is 180. The van der Waals surface area contributed by atoms with Crippen molar-refractivity contribution in [3.05, 3.63) is 0 Å². The molecule has 0 aromatic rings. The van der Waals surface area contributed by atoms with Gasteiger partial charge in [0.1, 0.15) is 0 Å². The summed E-state index contributed by atoms with van der Waals surface area (Å²) in [5.41, 5.74) is 0. The third-order valence-electron chi connectivity index (χ3n) is 4.04. The molecule has 0 bridgehead atoms. The van der Waals surface area contributed by atoms with Gasteiger partial charge in [-0.1, -0.05) is 19.3 Å². The van der Waals surface area contributed by atoms with Crippen molar-refractivity contribution >= 4 is 0 Å². The zero-order valence-electron chi connectivity index (χ0n) is 9.66. The molecule has 15 heavy (non-hydrogen) atoms. The molecule has 88 valence electrons. The number of hydrogen-bond acceptors (Lipinski definition) is 3. The summed E-state index contributed by atoms with van der Waals surface area (Å²) in [6, 6.07) is 1.61. The molecule has 1 heterocycles. The Labute approximate surface area is 92.9 Å². The van der Waals surface area contributed by atoms with E-state index < -0.39 is 0 Å². The summed E-state index contributed by atoms with van der Waals surface area (Å²) in [7, 11) is 0. The summed E-state index contributed by atoms with van der Waals surface area (Å²) in [6.45, 7) is 2.02. The van der Waals surface area contributed by atoms with Gasteiger partial charge >= 0.3 is 0 Å². The number of nitrogens with two attached hydrogens (primary N) is 1. The Morgan fingerprint density at radius 3 is 2.53 bits per heavy atom. The average Bonchev–Trinajstić information content (AvgIpc) is 2.80. The first-order valence-electron chi connectivity index (χ1n) is 6.49. The van der Waals surface area contributed by atoms with Gasteiger partial charge in [0.25, 0.3) is 0 Å². The van der Waals surface area contributed by atoms with Crippen molar-refractivity contribution in [3.8, 4) is 0 Å². The summed E-state index contributed by atoms with van der Waals surface area (Å²) < 4.78 is 0. The fraction of sp³-hybridized carbons (Fsp3) is 1.00. The molecule has 0 amide bonds. The van der Waals surface area contributed by atoms with Gasteiger partial charge in [-0.25, -0.2) is 5.90 Å². The van der Waals surface area contributed by atoms with Gasteiger partial charge in [-0.05, 0) is 38.6 Å². The van der Waals surface area contributed by atoms with Gasteiger partial charge in [-0.3, -0.25) is 4.90 Å². The lowest BCUT2D eigenvalue weighted by atomic mass is 9.97. The molecule has 0 aromatic carbocycles. The van der Waals surface area contributed by atoms with Crippen LogP contribution in [-0.2, 0) is 4.84 Å². The van der Waals surface area contributed by atoms with E-state index in [4.69, 9.17) is 10.7 Å². The van der Waals surface area contributed by atoms with Crippen LogP contribution in [0.25, 0.3) is 0 Å². The first-order chi connectivity index (χ1) is 7.42. The smallest absolute Gasteiger partial charge is 0.0694 e. The summed E-state index contributed by atoms with van der Waals surface area (Å²) in [6.07, 6.45) is 10.9. The lowest BCUT2D eigenvalue weighted by Crippen LogP contribution is -2.45. The van der Waals surface area contributed by atoms with E-state index in [1.807, 2.05) is 0 Å². The molecular formula is C12H24N2O. The summed E-state index contributed by atoms with van der Waals surface area (Å²) in [4.78, 5) is 7.47. The monoisotopic (exact) mass is 212 g/mol. The van der Waals surface area contributed by atoms with Crippen LogP contribution in [0.15, 0.2) is 0 Å². The van der Waals surface area contributed by atoms with E-state index in [9.17, 15) is 0 Å². The van der Waals surface area contributed by atoms with E-state index in [0.29, 0.717) is 6.61 Å². The number of rotatable bonds is 4. The zero-order chi connectivity index (χ0) is 10.5. The van der Waals surface area contributed by atoms with Crippen LogP contribution >= 0.6 is 0 Å². The van der Waals surface area contributed by atoms with Gasteiger partial charge in [0.2, 0.25) is 0 Å². The van der Waals surface area contributed by atoms with Crippen LogP contribution in [0.4, 0.5) is 0 Å². The Morgan fingerprint density at radius 2 is 1.80 bits per heavy atom. The minimum Gasteiger partial charge on any atom is -0.305 e. The maximum absolute atomic E-state index is 5.13. The predicted molar refractivity (Wildman–Crippen MR) is 61.4 cm³/mol. The molecule has 3 heteroatoms. The van der Waals surface area contributed by atoms with Crippen LogP contribution in [0.5, 0.6) is 0 Å². The molecule has 1 aliphatic carbocycles. The lowest BCUT2D eigenvalue weighted by Gasteiger charge is -2.40. The summed E-state index contributed by atoms with van der Waals surface area (Å²) >= 11 is 0. The first-order valence-corrected chi connectivity index (χ1v) is 6.49. The van der Waals surface area contributed by atoms with Gasteiger partial charge in [-0.15, -0.1) is 0 Å². The Morgan fingerprint density at radius 1 is 1.07 bits per heavy atom. The van der Waals surface area contributed by atoms with Crippen molar-refractivity contribution in [1.82, 2.24) is 4.90 Å². The van der Waals surface area contributed by atoms with Crippen molar-refractivity contribution in [2.24, 2.45) is 5.90 Å². The van der Waals surface area contributed by atoms with Gasteiger partial charge in [0.05, 0.1) is 6.61 Å². The highest BCUT2D eigenvalue weighted by atomic mass is 16.6. The molecule has 1 atom stereocenters. The number of hydrogen-bond donors (Lipinski definition) is 1. The van der Waals surface area contributed by atoms with Gasteiger partial charge in [0.15, 0.2) is 0 Å². The van der Waals surface area contributed by atoms with Crippen LogP contribution in [0.1, 0.15) is 51.4 Å². The van der Waals surface area contributed by atoms with Gasteiger partial charge < -0.3 is 4.84 Å². The topological polar surface area (TPSA) is 38.5 Å². The van der Waals surface area contributed by atoms with E-state index in [1.54, 1.807) is 0 Å². The minimum absolute atomic E-state index is 0.716. The standard InChI is InChI=1S/C12H24N2O/c13-15-10-8-12-7-3-4-9-14(12)11-5-1-2-6-11/h11-12H,1-10,13H2. The van der Waals surface area contributed by atoms with E-state index in [0.717, 1.165) is 18.5 Å². The number of likely N-dealkylation sites (tertiary alicyclic amines) is 1. The molecular weight excluding hydrogens is 188 g/mol. The predicted octanol–water partition coefficient (Wildman–Crippen LogP) is 2.06. The highest BCUT2D eigenvalue weighted by Gasteiger charge is 2.30. The Balaban J connectivity index is 1.86. The Kier molecular flexibility index (Phi) is 4.42. The molecule has 0 radical (unpaired) electrons. The van der Waals surface area contributed by atoms with Crippen molar-refractivity contribution in [1.29, 1.82) is 0 Å². The maximum Gasteiger partial charge on any atom is 0.0694 e. The molecule has 2 aliphatic rings. The Hall–Kier alpha value is -0.120. The van der Waals surface area contributed by atoms with Crippen molar-refractivity contribution in [3.63, 3.8) is 0 Å². The molecule has 3 nitrogen and oxygen atoms in total. The SMILES string of the molecule is NOCCC1CCCCN1C1CCCC1.